The number of ether oxygens (including phenoxy) is 2. The van der Waals surface area contributed by atoms with E-state index in [4.69, 9.17) is 21.7 Å². The van der Waals surface area contributed by atoms with Crippen LogP contribution in [0.3, 0.4) is 0 Å². The zero-order valence-corrected chi connectivity index (χ0v) is 20.3. The first-order chi connectivity index (χ1) is 15.1. The summed E-state index contributed by atoms with van der Waals surface area (Å²) >= 11 is 5.33. The molecule has 0 aromatic heterocycles. The average Bonchev–Trinajstić information content (AvgIpc) is 2.73. The van der Waals surface area contributed by atoms with Crippen LogP contribution in [0.15, 0.2) is 30.3 Å². The van der Waals surface area contributed by atoms with Gasteiger partial charge in [0, 0.05) is 6.42 Å². The summed E-state index contributed by atoms with van der Waals surface area (Å²) in [4.78, 5) is 37.3. The first-order valence-electron chi connectivity index (χ1n) is 10.7. The van der Waals surface area contributed by atoms with Crippen molar-refractivity contribution in [1.29, 1.82) is 0 Å². The fourth-order valence-corrected chi connectivity index (χ4v) is 3.06. The van der Waals surface area contributed by atoms with Crippen molar-refractivity contribution in [3.05, 3.63) is 35.9 Å². The van der Waals surface area contributed by atoms with Crippen LogP contribution in [0.25, 0.3) is 0 Å². The van der Waals surface area contributed by atoms with Crippen LogP contribution >= 0.6 is 12.2 Å². The zero-order chi connectivity index (χ0) is 24.1. The molecule has 0 unspecified atom stereocenters. The van der Waals surface area contributed by atoms with Gasteiger partial charge in [0.15, 0.2) is 0 Å². The Hall–Kier alpha value is -2.68. The number of nitrogens with one attached hydrogen (secondary N) is 3. The highest BCUT2D eigenvalue weighted by atomic mass is 32.1. The lowest BCUT2D eigenvalue weighted by molar-refractivity contribution is -0.145. The number of hydrogen-bond acceptors (Lipinski definition) is 6. The molecule has 0 fully saturated rings. The van der Waals surface area contributed by atoms with Crippen LogP contribution in [-0.4, -0.2) is 54.3 Å². The summed E-state index contributed by atoms with van der Waals surface area (Å²) in [5.74, 6) is -0.862. The summed E-state index contributed by atoms with van der Waals surface area (Å²) in [7, 11) is 1.30. The van der Waals surface area contributed by atoms with Crippen LogP contribution in [-0.2, 0) is 25.5 Å². The number of carbonyl (C=O) groups is 3. The van der Waals surface area contributed by atoms with E-state index in [1.165, 1.54) is 7.11 Å². The first-order valence-corrected chi connectivity index (χ1v) is 11.1. The third-order valence-electron chi connectivity index (χ3n) is 4.38. The largest absolute Gasteiger partial charge is 0.467 e. The maximum absolute atomic E-state index is 13.0. The number of esters is 1. The van der Waals surface area contributed by atoms with Gasteiger partial charge in [-0.2, -0.15) is 0 Å². The van der Waals surface area contributed by atoms with Gasteiger partial charge in [0.05, 0.1) is 18.6 Å². The Morgan fingerprint density at radius 1 is 1.06 bits per heavy atom. The molecule has 0 saturated heterocycles. The van der Waals surface area contributed by atoms with E-state index in [1.807, 2.05) is 37.3 Å². The molecule has 8 nitrogen and oxygen atoms in total. The third kappa shape index (κ3) is 11.1. The summed E-state index contributed by atoms with van der Waals surface area (Å²) in [6.07, 6.45) is 1.89. The lowest BCUT2D eigenvalue weighted by atomic mass is 10.0. The monoisotopic (exact) mass is 465 g/mol. The highest BCUT2D eigenvalue weighted by molar-refractivity contribution is 7.80. The summed E-state index contributed by atoms with van der Waals surface area (Å²) in [6.45, 7) is 7.31. The molecule has 1 rings (SSSR count). The summed E-state index contributed by atoms with van der Waals surface area (Å²) in [6, 6.07) is 7.98. The van der Waals surface area contributed by atoms with Crippen LogP contribution in [0.1, 0.15) is 52.5 Å². The molecule has 2 atom stereocenters. The highest BCUT2D eigenvalue weighted by Crippen LogP contribution is 2.08. The third-order valence-corrected chi connectivity index (χ3v) is 4.64. The van der Waals surface area contributed by atoms with E-state index in [-0.39, 0.29) is 17.4 Å². The molecule has 9 heteroatoms. The highest BCUT2D eigenvalue weighted by Gasteiger charge is 2.27. The number of amides is 2. The number of benzene rings is 1. The Balaban J connectivity index is 2.85. The van der Waals surface area contributed by atoms with Gasteiger partial charge in [-0.3, -0.25) is 4.79 Å². The van der Waals surface area contributed by atoms with E-state index in [0.717, 1.165) is 18.4 Å². The van der Waals surface area contributed by atoms with E-state index in [2.05, 4.69) is 16.0 Å². The number of thiocarbonyl (C=S) groups is 1. The molecule has 0 radical (unpaired) electrons. The molecule has 0 bridgehead atoms. The number of methoxy groups -OCH3 is 1. The van der Waals surface area contributed by atoms with Gasteiger partial charge in [0.25, 0.3) is 0 Å². The second-order valence-corrected chi connectivity index (χ2v) is 8.88. The van der Waals surface area contributed by atoms with Gasteiger partial charge in [0.2, 0.25) is 5.91 Å². The summed E-state index contributed by atoms with van der Waals surface area (Å²) < 4.78 is 10.0. The van der Waals surface area contributed by atoms with Gasteiger partial charge in [-0.1, -0.05) is 62.3 Å². The Morgan fingerprint density at radius 2 is 1.72 bits per heavy atom. The van der Waals surface area contributed by atoms with E-state index < -0.39 is 29.7 Å². The minimum absolute atomic E-state index is 0.0130. The number of alkyl carbamates (subject to hydrolysis) is 1. The van der Waals surface area contributed by atoms with Crippen LogP contribution in [0.4, 0.5) is 4.79 Å². The van der Waals surface area contributed by atoms with Crippen LogP contribution in [0.5, 0.6) is 0 Å². The quantitative estimate of drug-likeness (QED) is 0.341. The molecule has 0 aliphatic rings. The van der Waals surface area contributed by atoms with Crippen molar-refractivity contribution >= 4 is 35.2 Å². The molecule has 178 valence electrons. The Bertz CT molecular complexity index is 765. The van der Waals surface area contributed by atoms with Crippen molar-refractivity contribution in [1.82, 2.24) is 16.0 Å². The molecular weight excluding hydrogens is 430 g/mol. The average molecular weight is 466 g/mol. The van der Waals surface area contributed by atoms with E-state index in [1.54, 1.807) is 20.8 Å². The van der Waals surface area contributed by atoms with Gasteiger partial charge in [-0.15, -0.1) is 0 Å². The Morgan fingerprint density at radius 3 is 2.28 bits per heavy atom. The van der Waals surface area contributed by atoms with Crippen molar-refractivity contribution in [3.63, 3.8) is 0 Å². The molecule has 0 aliphatic carbocycles. The smallest absolute Gasteiger partial charge is 0.408 e. The fourth-order valence-electron chi connectivity index (χ4n) is 2.84. The minimum atomic E-state index is -0.737. The van der Waals surface area contributed by atoms with E-state index in [9.17, 15) is 14.4 Å². The second kappa shape index (κ2) is 13.7. The molecule has 0 saturated carbocycles. The lowest BCUT2D eigenvalue weighted by Gasteiger charge is -2.24. The van der Waals surface area contributed by atoms with Gasteiger partial charge in [-0.05, 0) is 32.8 Å². The van der Waals surface area contributed by atoms with Crippen molar-refractivity contribution in [2.75, 3.05) is 13.7 Å². The molecule has 3 N–H and O–H groups in total. The topological polar surface area (TPSA) is 106 Å². The number of carbonyl (C=O) groups excluding carboxylic acids is 3. The molecule has 0 aliphatic heterocycles. The van der Waals surface area contributed by atoms with Crippen molar-refractivity contribution in [2.24, 2.45) is 0 Å². The summed E-state index contributed by atoms with van der Waals surface area (Å²) in [5, 5.41) is 8.35. The predicted molar refractivity (Wildman–Crippen MR) is 127 cm³/mol. The van der Waals surface area contributed by atoms with Crippen LogP contribution < -0.4 is 16.0 Å². The standard InChI is InChI=1S/C23H35N3O5S/c1-6-7-13-17(21(28)30-5)26-20(27)18(14-16-11-9-8-10-12-16)25-19(32)15-24-22(29)31-23(2,3)4/h8-12,17-18H,6-7,13-15H2,1-5H3,(H,24,29)(H,25,32)(H,26,27)/t17-,18-/m0/s1. The maximum Gasteiger partial charge on any atom is 0.408 e. The molecule has 2 amide bonds. The molecule has 1 aromatic rings. The zero-order valence-electron chi connectivity index (χ0n) is 19.5. The van der Waals surface area contributed by atoms with E-state index >= 15 is 0 Å². The second-order valence-electron chi connectivity index (χ2n) is 8.39. The van der Waals surface area contributed by atoms with Crippen molar-refractivity contribution in [2.45, 2.75) is 71.1 Å². The Labute approximate surface area is 195 Å². The van der Waals surface area contributed by atoms with Crippen LogP contribution in [0, 0.1) is 0 Å². The number of rotatable bonds is 11. The predicted octanol–water partition coefficient (Wildman–Crippen LogP) is 2.89. The van der Waals surface area contributed by atoms with Gasteiger partial charge < -0.3 is 25.4 Å². The minimum Gasteiger partial charge on any atom is -0.467 e. The van der Waals surface area contributed by atoms with Crippen LogP contribution in [0.2, 0.25) is 0 Å². The van der Waals surface area contributed by atoms with Gasteiger partial charge >= 0.3 is 12.1 Å². The van der Waals surface area contributed by atoms with Crippen molar-refractivity contribution < 1.29 is 23.9 Å². The number of hydrogen-bond donors (Lipinski definition) is 3. The fraction of sp³-hybridized carbons (Fsp3) is 0.565. The molecule has 32 heavy (non-hydrogen) atoms. The summed E-state index contributed by atoms with van der Waals surface area (Å²) in [5.41, 5.74) is 0.294. The number of unbranched alkanes of at least 4 members (excludes halogenated alkanes) is 1. The molecule has 0 spiro atoms. The van der Waals surface area contributed by atoms with E-state index in [0.29, 0.717) is 12.8 Å². The van der Waals surface area contributed by atoms with Crippen molar-refractivity contribution in [3.8, 4) is 0 Å². The molecule has 0 heterocycles. The Kier molecular flexibility index (Phi) is 11.7. The van der Waals surface area contributed by atoms with Gasteiger partial charge in [-0.25, -0.2) is 9.59 Å². The SMILES string of the molecule is CCCC[C@H](NC(=O)[C@H](Cc1ccccc1)NC(=S)CNC(=O)OC(C)(C)C)C(=O)OC. The molecular formula is C23H35N3O5S. The first kappa shape index (κ1) is 27.4. The molecule has 1 aromatic carbocycles. The maximum atomic E-state index is 13.0. The van der Waals surface area contributed by atoms with Gasteiger partial charge in [0.1, 0.15) is 17.7 Å². The lowest BCUT2D eigenvalue weighted by Crippen LogP contribution is -2.53. The normalized spacial score (nSPS) is 12.8.